The van der Waals surface area contributed by atoms with Crippen molar-refractivity contribution in [1.82, 2.24) is 4.90 Å². The van der Waals surface area contributed by atoms with E-state index in [-0.39, 0.29) is 46.5 Å². The lowest BCUT2D eigenvalue weighted by molar-refractivity contribution is -0.953. The normalized spacial score (nSPS) is 23.9. The molecule has 4 aliphatic heterocycles. The maximum Gasteiger partial charge on any atom is 0.233 e. The van der Waals surface area contributed by atoms with Gasteiger partial charge in [0.15, 0.2) is 0 Å². The molecular formula is C38H40BrF2N3O3. The molecule has 0 aliphatic carbocycles. The molecule has 6 nitrogen and oxygen atoms in total. The first-order valence-electron chi connectivity index (χ1n) is 16.3. The van der Waals surface area contributed by atoms with Crippen LogP contribution in [0.1, 0.15) is 47.2 Å². The molecule has 3 atom stereocenters. The Morgan fingerprint density at radius 2 is 1.36 bits per heavy atom. The molecular weight excluding hydrogens is 664 g/mol. The number of carbonyl (C=O) groups is 1. The summed E-state index contributed by atoms with van der Waals surface area (Å²) in [7, 11) is 0. The fraction of sp³-hybridized carbons (Fsp3) is 0.342. The lowest BCUT2D eigenvalue weighted by atomic mass is 9.78. The number of aliphatic hydroxyl groups is 1. The Bertz CT molecular complexity index is 1630. The third kappa shape index (κ3) is 7.28. The Kier molecular flexibility index (Phi) is 10.1. The van der Waals surface area contributed by atoms with Crippen LogP contribution < -0.4 is 26.6 Å². The van der Waals surface area contributed by atoms with Gasteiger partial charge < -0.3 is 36.2 Å². The summed E-state index contributed by atoms with van der Waals surface area (Å²) in [5.41, 5.74) is 4.67. The number of aliphatic hydroxyl groups excluding tert-OH is 1. The Morgan fingerprint density at radius 1 is 0.787 bits per heavy atom. The summed E-state index contributed by atoms with van der Waals surface area (Å²) < 4.78 is 34.4. The molecule has 8 rings (SSSR count). The van der Waals surface area contributed by atoms with Crippen molar-refractivity contribution in [2.24, 2.45) is 5.92 Å². The van der Waals surface area contributed by atoms with Gasteiger partial charge in [0.05, 0.1) is 37.7 Å². The second kappa shape index (κ2) is 14.2. The van der Waals surface area contributed by atoms with Gasteiger partial charge in [-0.25, -0.2) is 8.78 Å². The van der Waals surface area contributed by atoms with E-state index in [9.17, 15) is 18.7 Å². The van der Waals surface area contributed by atoms with Crippen LogP contribution in [0, 0.1) is 17.6 Å². The van der Waals surface area contributed by atoms with E-state index >= 15 is 0 Å². The van der Waals surface area contributed by atoms with Crippen molar-refractivity contribution in [2.45, 2.75) is 38.1 Å². The molecule has 4 aromatic carbocycles. The molecule has 0 radical (unpaired) electrons. The minimum absolute atomic E-state index is 0. The molecule has 0 aromatic heterocycles. The van der Waals surface area contributed by atoms with Gasteiger partial charge in [-0.2, -0.15) is 0 Å². The summed E-state index contributed by atoms with van der Waals surface area (Å²) in [5.74, 6) is -0.417. The summed E-state index contributed by atoms with van der Waals surface area (Å²) in [4.78, 5) is 17.7. The topological polar surface area (TPSA) is 53.0 Å². The minimum Gasteiger partial charge on any atom is -1.00 e. The highest BCUT2D eigenvalue weighted by Crippen LogP contribution is 2.46. The van der Waals surface area contributed by atoms with Gasteiger partial charge in [-0.15, -0.1) is 0 Å². The fourth-order valence-electron chi connectivity index (χ4n) is 7.31. The molecule has 4 fully saturated rings. The molecule has 1 N–H and O–H groups in total. The minimum atomic E-state index is -0.807. The number of fused-ring (bicyclic) bond motifs is 3. The van der Waals surface area contributed by atoms with Crippen LogP contribution in [-0.4, -0.2) is 59.7 Å². The summed E-state index contributed by atoms with van der Waals surface area (Å²) in [6.07, 6.45) is -0.00105. The first kappa shape index (κ1) is 33.3. The molecule has 2 bridgehead atoms. The average Bonchev–Trinajstić information content (AvgIpc) is 3.09. The summed E-state index contributed by atoms with van der Waals surface area (Å²) in [5, 5.41) is 10.7. The fourth-order valence-corrected chi connectivity index (χ4v) is 7.31. The van der Waals surface area contributed by atoms with E-state index in [2.05, 4.69) is 29.2 Å². The predicted molar refractivity (Wildman–Crippen MR) is 173 cm³/mol. The number of quaternary nitrogens is 1. The van der Waals surface area contributed by atoms with Crippen LogP contribution in [0.25, 0.3) is 0 Å². The molecule has 1 amide bonds. The third-order valence-electron chi connectivity index (χ3n) is 10.2. The molecule has 4 aliphatic rings. The molecule has 47 heavy (non-hydrogen) atoms. The van der Waals surface area contributed by atoms with Crippen LogP contribution in [0.3, 0.4) is 0 Å². The molecule has 3 unspecified atom stereocenters. The van der Waals surface area contributed by atoms with Gasteiger partial charge in [0.2, 0.25) is 5.91 Å². The number of anilines is 1. The van der Waals surface area contributed by atoms with E-state index in [0.29, 0.717) is 30.7 Å². The highest BCUT2D eigenvalue weighted by Gasteiger charge is 2.48. The van der Waals surface area contributed by atoms with Gasteiger partial charge in [0, 0.05) is 30.9 Å². The first-order chi connectivity index (χ1) is 22.4. The zero-order chi connectivity index (χ0) is 31.7. The second-order valence-corrected chi connectivity index (χ2v) is 13.1. The van der Waals surface area contributed by atoms with Gasteiger partial charge in [-0.05, 0) is 78.1 Å². The Labute approximate surface area is 285 Å². The molecule has 4 saturated heterocycles. The number of hydrogen-bond donors (Lipinski definition) is 1. The second-order valence-electron chi connectivity index (χ2n) is 13.1. The van der Waals surface area contributed by atoms with Gasteiger partial charge >= 0.3 is 0 Å². The van der Waals surface area contributed by atoms with Crippen molar-refractivity contribution in [3.05, 3.63) is 131 Å². The summed E-state index contributed by atoms with van der Waals surface area (Å²) >= 11 is 0. The number of benzene rings is 4. The standard InChI is InChI=1S/C38H40F2N3O3.BrH/c39-31-9-5-29(6-10-31)36(44)18-17-35-37(42(38(35)45)33-13-11-32(40)12-14-33)30-7-15-34(16-8-30)46-26-28-3-1-27(2-4-28)25-43-22-19-41(20-23-43)21-24-43;/h1-16,35-37,44H,17-26H2;1H/q+1;/p-1. The monoisotopic (exact) mass is 703 g/mol. The largest absolute Gasteiger partial charge is 1.00 e. The van der Waals surface area contributed by atoms with Gasteiger partial charge in [0.1, 0.15) is 30.5 Å². The lowest BCUT2D eigenvalue weighted by Crippen LogP contribution is -3.00. The number of β-lactam (4-membered cyclic amide) rings is 1. The van der Waals surface area contributed by atoms with Crippen molar-refractivity contribution in [1.29, 1.82) is 0 Å². The quantitative estimate of drug-likeness (QED) is 0.192. The third-order valence-corrected chi connectivity index (χ3v) is 10.2. The van der Waals surface area contributed by atoms with Crippen molar-refractivity contribution in [3.63, 3.8) is 0 Å². The maximum absolute atomic E-state index is 13.7. The highest BCUT2D eigenvalue weighted by atomic mass is 79.9. The highest BCUT2D eigenvalue weighted by molar-refractivity contribution is 6.03. The van der Waals surface area contributed by atoms with E-state index in [1.54, 1.807) is 29.2 Å². The molecule has 4 aromatic rings. The van der Waals surface area contributed by atoms with E-state index < -0.39 is 6.10 Å². The van der Waals surface area contributed by atoms with E-state index in [4.69, 9.17) is 4.74 Å². The number of nitrogens with zero attached hydrogens (tertiary/aromatic N) is 3. The van der Waals surface area contributed by atoms with Crippen LogP contribution in [0.2, 0.25) is 0 Å². The number of amides is 1. The summed E-state index contributed by atoms with van der Waals surface area (Å²) in [6, 6.07) is 28.0. The zero-order valence-electron chi connectivity index (χ0n) is 26.3. The average molecular weight is 705 g/mol. The van der Waals surface area contributed by atoms with Crippen LogP contribution in [0.5, 0.6) is 5.75 Å². The van der Waals surface area contributed by atoms with E-state index in [1.807, 2.05) is 24.3 Å². The van der Waals surface area contributed by atoms with Gasteiger partial charge in [0.25, 0.3) is 0 Å². The smallest absolute Gasteiger partial charge is 0.233 e. The van der Waals surface area contributed by atoms with Crippen molar-refractivity contribution >= 4 is 11.6 Å². The Hall–Kier alpha value is -3.63. The van der Waals surface area contributed by atoms with Gasteiger partial charge in [-0.3, -0.25) is 9.69 Å². The van der Waals surface area contributed by atoms with Crippen molar-refractivity contribution in [2.75, 3.05) is 44.2 Å². The predicted octanol–water partition coefficient (Wildman–Crippen LogP) is 3.41. The van der Waals surface area contributed by atoms with E-state index in [0.717, 1.165) is 23.4 Å². The number of ether oxygens (including phenoxy) is 1. The molecule has 4 heterocycles. The number of piperazine rings is 3. The summed E-state index contributed by atoms with van der Waals surface area (Å²) in [6.45, 7) is 8.94. The molecule has 246 valence electrons. The van der Waals surface area contributed by atoms with E-state index in [1.165, 1.54) is 73.6 Å². The molecule has 0 saturated carbocycles. The van der Waals surface area contributed by atoms with Crippen LogP contribution in [0.15, 0.2) is 97.1 Å². The lowest BCUT2D eigenvalue weighted by Gasteiger charge is -2.50. The molecule has 9 heteroatoms. The number of carbonyl (C=O) groups excluding carboxylic acids is 1. The van der Waals surface area contributed by atoms with Crippen LogP contribution in [-0.2, 0) is 17.9 Å². The van der Waals surface area contributed by atoms with Crippen molar-refractivity contribution in [3.8, 4) is 5.75 Å². The van der Waals surface area contributed by atoms with Crippen LogP contribution >= 0.6 is 0 Å². The van der Waals surface area contributed by atoms with Crippen molar-refractivity contribution < 1.29 is 44.9 Å². The number of halogens is 3. The SMILES string of the molecule is O=C1C(CCC(O)c2ccc(F)cc2)C(c2ccc(OCc3ccc(C[N+]45CCN(CC4)CC5)cc3)cc2)N1c1ccc(F)cc1.[Br-]. The molecule has 0 spiro atoms. The number of rotatable bonds is 11. The van der Waals surface area contributed by atoms with Gasteiger partial charge in [-0.1, -0.05) is 48.5 Å². The number of hydrogen-bond acceptors (Lipinski definition) is 4. The van der Waals surface area contributed by atoms with Crippen LogP contribution in [0.4, 0.5) is 14.5 Å². The maximum atomic E-state index is 13.7. The Balaban J connectivity index is 0.00000386. The first-order valence-corrected chi connectivity index (χ1v) is 16.3. The zero-order valence-corrected chi connectivity index (χ0v) is 27.9. The Morgan fingerprint density at radius 3 is 1.98 bits per heavy atom.